The SMILES string of the molecule is CCOc1cc([C@H]2N[C@H](C(=O)O)CS2)cc([N+](=O)[O-])c1O. The molecular weight excluding hydrogens is 300 g/mol. The predicted molar refractivity (Wildman–Crippen MR) is 75.7 cm³/mol. The van der Waals surface area contributed by atoms with E-state index in [-0.39, 0.29) is 12.4 Å². The molecule has 1 aliphatic rings. The Morgan fingerprint density at radius 3 is 2.86 bits per heavy atom. The van der Waals surface area contributed by atoms with Crippen LogP contribution in [0.25, 0.3) is 0 Å². The second-order valence-electron chi connectivity index (χ2n) is 4.35. The van der Waals surface area contributed by atoms with E-state index in [1.54, 1.807) is 6.92 Å². The molecule has 3 N–H and O–H groups in total. The van der Waals surface area contributed by atoms with Crippen LogP contribution in [0.2, 0.25) is 0 Å². The largest absolute Gasteiger partial charge is 0.500 e. The summed E-state index contributed by atoms with van der Waals surface area (Å²) >= 11 is 1.33. The van der Waals surface area contributed by atoms with Gasteiger partial charge in [-0.3, -0.25) is 20.2 Å². The summed E-state index contributed by atoms with van der Waals surface area (Å²) in [5.74, 6) is -1.12. The van der Waals surface area contributed by atoms with Gasteiger partial charge >= 0.3 is 11.7 Å². The predicted octanol–water partition coefficient (Wildman–Crippen LogP) is 1.49. The van der Waals surface area contributed by atoms with Crippen LogP contribution >= 0.6 is 11.8 Å². The summed E-state index contributed by atoms with van der Waals surface area (Å²) in [7, 11) is 0. The second kappa shape index (κ2) is 6.19. The molecule has 0 spiro atoms. The summed E-state index contributed by atoms with van der Waals surface area (Å²) in [4.78, 5) is 21.2. The molecule has 1 saturated heterocycles. The fourth-order valence-electron chi connectivity index (χ4n) is 1.98. The highest BCUT2D eigenvalue weighted by Gasteiger charge is 2.32. The number of carboxylic acid groups (broad SMARTS) is 1. The Hall–Kier alpha value is -2.00. The zero-order chi connectivity index (χ0) is 15.6. The molecule has 0 aromatic heterocycles. The number of aliphatic carboxylic acids is 1. The molecule has 114 valence electrons. The van der Waals surface area contributed by atoms with E-state index in [1.165, 1.54) is 23.9 Å². The van der Waals surface area contributed by atoms with Crippen LogP contribution in [0.5, 0.6) is 11.5 Å². The molecule has 2 rings (SSSR count). The number of benzene rings is 1. The number of nitro groups is 1. The third-order valence-electron chi connectivity index (χ3n) is 2.96. The number of carboxylic acids is 1. The summed E-state index contributed by atoms with van der Waals surface area (Å²) < 4.78 is 5.19. The Balaban J connectivity index is 2.35. The number of nitrogens with one attached hydrogen (secondary N) is 1. The number of hydrogen-bond acceptors (Lipinski definition) is 7. The zero-order valence-corrected chi connectivity index (χ0v) is 11.9. The van der Waals surface area contributed by atoms with Gasteiger partial charge < -0.3 is 14.9 Å². The molecular formula is C12H14N2O6S. The number of nitrogens with zero attached hydrogens (tertiary/aromatic N) is 1. The van der Waals surface area contributed by atoms with Crippen LogP contribution in [0.3, 0.4) is 0 Å². The third kappa shape index (κ3) is 3.19. The van der Waals surface area contributed by atoms with Gasteiger partial charge in [0.1, 0.15) is 6.04 Å². The number of hydrogen-bond donors (Lipinski definition) is 3. The van der Waals surface area contributed by atoms with Crippen molar-refractivity contribution >= 4 is 23.4 Å². The van der Waals surface area contributed by atoms with Crippen molar-refractivity contribution in [1.29, 1.82) is 0 Å². The number of phenols is 1. The standard InChI is InChI=1S/C12H14N2O6S/c1-2-20-9-4-6(3-8(10(9)15)14(18)19)11-13-7(5-21-11)12(16)17/h3-4,7,11,13,15H,2,5H2,1H3,(H,16,17)/t7-,11-/m0/s1. The maximum Gasteiger partial charge on any atom is 0.321 e. The van der Waals surface area contributed by atoms with E-state index in [2.05, 4.69) is 5.32 Å². The Kier molecular flexibility index (Phi) is 4.53. The Morgan fingerprint density at radius 1 is 1.62 bits per heavy atom. The molecule has 1 aromatic rings. The molecule has 8 nitrogen and oxygen atoms in total. The lowest BCUT2D eigenvalue weighted by Crippen LogP contribution is -2.33. The number of rotatable bonds is 5. The molecule has 0 radical (unpaired) electrons. The molecule has 1 aromatic carbocycles. The highest BCUT2D eigenvalue weighted by Crippen LogP contribution is 2.42. The average molecular weight is 314 g/mol. The van der Waals surface area contributed by atoms with E-state index in [9.17, 15) is 20.0 Å². The Morgan fingerprint density at radius 2 is 2.33 bits per heavy atom. The number of phenolic OH excluding ortho intramolecular Hbond substituents is 1. The van der Waals surface area contributed by atoms with Crippen LogP contribution in [0.4, 0.5) is 5.69 Å². The lowest BCUT2D eigenvalue weighted by Gasteiger charge is -2.14. The van der Waals surface area contributed by atoms with Gasteiger partial charge in [0.25, 0.3) is 0 Å². The highest BCUT2D eigenvalue weighted by molar-refractivity contribution is 7.99. The van der Waals surface area contributed by atoms with E-state index < -0.39 is 33.7 Å². The van der Waals surface area contributed by atoms with E-state index in [0.717, 1.165) is 0 Å². The van der Waals surface area contributed by atoms with Crippen LogP contribution in [-0.2, 0) is 4.79 Å². The van der Waals surface area contributed by atoms with Gasteiger partial charge in [-0.15, -0.1) is 11.8 Å². The molecule has 0 saturated carbocycles. The van der Waals surface area contributed by atoms with Crippen molar-refractivity contribution < 1.29 is 24.7 Å². The monoisotopic (exact) mass is 314 g/mol. The number of aromatic hydroxyl groups is 1. The van der Waals surface area contributed by atoms with E-state index >= 15 is 0 Å². The van der Waals surface area contributed by atoms with E-state index in [4.69, 9.17) is 9.84 Å². The molecule has 1 aliphatic heterocycles. The van der Waals surface area contributed by atoms with Gasteiger partial charge in [0.05, 0.1) is 16.9 Å². The van der Waals surface area contributed by atoms with Crippen molar-refractivity contribution in [3.05, 3.63) is 27.8 Å². The zero-order valence-electron chi connectivity index (χ0n) is 11.1. The van der Waals surface area contributed by atoms with Gasteiger partial charge in [-0.05, 0) is 18.6 Å². The van der Waals surface area contributed by atoms with Crippen LogP contribution in [0, 0.1) is 10.1 Å². The smallest absolute Gasteiger partial charge is 0.321 e. The van der Waals surface area contributed by atoms with Crippen LogP contribution in [0.15, 0.2) is 12.1 Å². The molecule has 1 heterocycles. The minimum Gasteiger partial charge on any atom is -0.500 e. The quantitative estimate of drug-likeness (QED) is 0.552. The van der Waals surface area contributed by atoms with Gasteiger partial charge in [-0.2, -0.15) is 0 Å². The number of thioether (sulfide) groups is 1. The van der Waals surface area contributed by atoms with Crippen LogP contribution in [0.1, 0.15) is 17.9 Å². The second-order valence-corrected chi connectivity index (χ2v) is 5.49. The Bertz CT molecular complexity index is 579. The van der Waals surface area contributed by atoms with E-state index in [0.29, 0.717) is 11.3 Å². The van der Waals surface area contributed by atoms with Gasteiger partial charge in [-0.1, -0.05) is 0 Å². The maximum absolute atomic E-state index is 11.0. The summed E-state index contributed by atoms with van der Waals surface area (Å²) in [6.45, 7) is 1.94. The highest BCUT2D eigenvalue weighted by atomic mass is 32.2. The van der Waals surface area contributed by atoms with Gasteiger partial charge in [0.2, 0.25) is 5.75 Å². The van der Waals surface area contributed by atoms with Crippen molar-refractivity contribution in [2.45, 2.75) is 18.3 Å². The first-order valence-electron chi connectivity index (χ1n) is 6.18. The first-order chi connectivity index (χ1) is 9.93. The van der Waals surface area contributed by atoms with Crippen molar-refractivity contribution in [1.82, 2.24) is 5.32 Å². The molecule has 9 heteroatoms. The van der Waals surface area contributed by atoms with Crippen molar-refractivity contribution in [2.24, 2.45) is 0 Å². The summed E-state index contributed by atoms with van der Waals surface area (Å²) in [6.07, 6.45) is 0. The summed E-state index contributed by atoms with van der Waals surface area (Å²) in [5.41, 5.74) is 0.0359. The van der Waals surface area contributed by atoms with Crippen molar-refractivity contribution in [2.75, 3.05) is 12.4 Å². The van der Waals surface area contributed by atoms with E-state index in [1.807, 2.05) is 0 Å². The van der Waals surface area contributed by atoms with Crippen LogP contribution < -0.4 is 10.1 Å². The average Bonchev–Trinajstić information content (AvgIpc) is 2.90. The normalized spacial score (nSPS) is 21.2. The fourth-order valence-corrected chi connectivity index (χ4v) is 3.19. The molecule has 0 unspecified atom stereocenters. The lowest BCUT2D eigenvalue weighted by atomic mass is 10.1. The van der Waals surface area contributed by atoms with Gasteiger partial charge in [-0.25, -0.2) is 0 Å². The van der Waals surface area contributed by atoms with Crippen molar-refractivity contribution in [3.63, 3.8) is 0 Å². The molecule has 1 fully saturated rings. The number of nitro benzene ring substituents is 1. The van der Waals surface area contributed by atoms with Crippen LogP contribution in [-0.4, -0.2) is 39.5 Å². The van der Waals surface area contributed by atoms with Crippen molar-refractivity contribution in [3.8, 4) is 11.5 Å². The summed E-state index contributed by atoms with van der Waals surface area (Å²) in [5, 5.41) is 32.2. The number of carbonyl (C=O) groups is 1. The minimum absolute atomic E-state index is 0.0166. The summed E-state index contributed by atoms with van der Waals surface area (Å²) in [6, 6.07) is 2.01. The maximum atomic E-state index is 11.0. The molecule has 2 atom stereocenters. The van der Waals surface area contributed by atoms with Gasteiger partial charge in [0.15, 0.2) is 5.75 Å². The first-order valence-corrected chi connectivity index (χ1v) is 7.23. The molecule has 21 heavy (non-hydrogen) atoms. The fraction of sp³-hybridized carbons (Fsp3) is 0.417. The molecule has 0 aliphatic carbocycles. The molecule has 0 amide bonds. The molecule has 0 bridgehead atoms. The topological polar surface area (TPSA) is 122 Å². The Labute approximate surface area is 124 Å². The van der Waals surface area contributed by atoms with Gasteiger partial charge in [0, 0.05) is 11.8 Å². The minimum atomic E-state index is -0.969. The number of ether oxygens (including phenoxy) is 1. The first kappa shape index (κ1) is 15.4. The lowest BCUT2D eigenvalue weighted by molar-refractivity contribution is -0.386. The third-order valence-corrected chi connectivity index (χ3v) is 4.22.